The van der Waals surface area contributed by atoms with Crippen molar-refractivity contribution in [2.45, 2.75) is 26.7 Å². The van der Waals surface area contributed by atoms with Crippen LogP contribution in [0.1, 0.15) is 19.4 Å². The quantitative estimate of drug-likeness (QED) is 0.375. The van der Waals surface area contributed by atoms with E-state index in [1.54, 1.807) is 24.3 Å². The number of hydrogen-bond donors (Lipinski definition) is 4. The number of hydrogen-bond acceptors (Lipinski definition) is 6. The van der Waals surface area contributed by atoms with Crippen LogP contribution in [0, 0.1) is 0 Å². The highest BCUT2D eigenvalue weighted by molar-refractivity contribution is 5.98. The molecule has 2 aromatic carbocycles. The maximum Gasteiger partial charge on any atom is 0.322 e. The summed E-state index contributed by atoms with van der Waals surface area (Å²) < 4.78 is 11.2. The minimum atomic E-state index is -0.593. The molecule has 0 fully saturated rings. The summed E-state index contributed by atoms with van der Waals surface area (Å²) in [7, 11) is 1.82. The molecule has 0 aliphatic carbocycles. The zero-order chi connectivity index (χ0) is 23.3. The molecule has 2 rings (SSSR count). The van der Waals surface area contributed by atoms with Crippen LogP contribution in [0.2, 0.25) is 0 Å². The van der Waals surface area contributed by atoms with Crippen molar-refractivity contribution in [3.63, 3.8) is 0 Å². The van der Waals surface area contributed by atoms with E-state index < -0.39 is 12.3 Å². The molecular weight excluding hydrogens is 410 g/mol. The fraction of sp³-hybridized carbons (Fsp3) is 0.391. The van der Waals surface area contributed by atoms with E-state index in [0.29, 0.717) is 31.1 Å². The number of nitrogens with one attached hydrogen (secondary N) is 3. The standard InChI is InChI=1S/C23H33N5O4/c1-4-31-22(32-5-2)16-28(20-12-6-17(14-24)7-13-20)23(30)26-15-21(29)27-19-10-8-18(25-3)9-11-19/h6-13,22,25H,4-5,14-16,24H2,1-3H3,(H,26,30)(H,27,29). The second kappa shape index (κ2) is 13.3. The molecule has 9 nitrogen and oxygen atoms in total. The van der Waals surface area contributed by atoms with Crippen LogP contribution in [0.25, 0.3) is 0 Å². The summed E-state index contributed by atoms with van der Waals surface area (Å²) in [5, 5.41) is 8.44. The molecule has 2 aromatic rings. The molecule has 0 bridgehead atoms. The smallest absolute Gasteiger partial charge is 0.322 e. The Kier molecular flexibility index (Phi) is 10.5. The van der Waals surface area contributed by atoms with Crippen LogP contribution in [0.3, 0.4) is 0 Å². The van der Waals surface area contributed by atoms with Crippen LogP contribution in [-0.4, -0.2) is 51.6 Å². The van der Waals surface area contributed by atoms with Crippen molar-refractivity contribution in [3.8, 4) is 0 Å². The summed E-state index contributed by atoms with van der Waals surface area (Å²) in [5.41, 5.74) is 8.85. The normalized spacial score (nSPS) is 10.7. The lowest BCUT2D eigenvalue weighted by atomic mass is 10.2. The lowest BCUT2D eigenvalue weighted by molar-refractivity contribution is -0.128. The van der Waals surface area contributed by atoms with E-state index in [9.17, 15) is 9.59 Å². The number of ether oxygens (including phenoxy) is 2. The summed E-state index contributed by atoms with van der Waals surface area (Å²) in [6, 6.07) is 14.2. The van der Waals surface area contributed by atoms with Gasteiger partial charge in [-0.15, -0.1) is 0 Å². The number of amides is 3. The highest BCUT2D eigenvalue weighted by Gasteiger charge is 2.22. The number of nitrogens with zero attached hydrogens (tertiary/aromatic N) is 1. The van der Waals surface area contributed by atoms with Crippen LogP contribution in [0.4, 0.5) is 21.9 Å². The third kappa shape index (κ3) is 7.84. The van der Waals surface area contributed by atoms with Gasteiger partial charge in [-0.05, 0) is 55.8 Å². The molecule has 0 radical (unpaired) electrons. The molecule has 3 amide bonds. The van der Waals surface area contributed by atoms with Crippen LogP contribution >= 0.6 is 0 Å². The minimum absolute atomic E-state index is 0.169. The third-order valence-electron chi connectivity index (χ3n) is 4.62. The number of rotatable bonds is 12. The van der Waals surface area contributed by atoms with Gasteiger partial charge in [-0.3, -0.25) is 9.69 Å². The van der Waals surface area contributed by atoms with Gasteiger partial charge in [-0.25, -0.2) is 4.79 Å². The van der Waals surface area contributed by atoms with Gasteiger partial charge in [0.2, 0.25) is 5.91 Å². The first-order chi connectivity index (χ1) is 15.5. The molecule has 9 heteroatoms. The average molecular weight is 444 g/mol. The van der Waals surface area contributed by atoms with Crippen LogP contribution in [-0.2, 0) is 20.8 Å². The Labute approximate surface area is 189 Å². The zero-order valence-electron chi connectivity index (χ0n) is 18.9. The molecular formula is C23H33N5O4. The Morgan fingerprint density at radius 1 is 0.969 bits per heavy atom. The molecule has 0 saturated carbocycles. The predicted octanol–water partition coefficient (Wildman–Crippen LogP) is 2.74. The number of carbonyl (C=O) groups excluding carboxylic acids is 2. The highest BCUT2D eigenvalue weighted by atomic mass is 16.7. The molecule has 0 unspecified atom stereocenters. The van der Waals surface area contributed by atoms with E-state index in [1.165, 1.54) is 4.90 Å². The molecule has 5 N–H and O–H groups in total. The monoisotopic (exact) mass is 443 g/mol. The van der Waals surface area contributed by atoms with Gasteiger partial charge in [-0.2, -0.15) is 0 Å². The van der Waals surface area contributed by atoms with Gasteiger partial charge in [0.1, 0.15) is 0 Å². The molecule has 32 heavy (non-hydrogen) atoms. The van der Waals surface area contributed by atoms with Crippen molar-refractivity contribution in [2.24, 2.45) is 5.73 Å². The van der Waals surface area contributed by atoms with Gasteiger partial charge >= 0.3 is 6.03 Å². The Hall–Kier alpha value is -3.14. The molecule has 0 heterocycles. The number of nitrogens with two attached hydrogens (primary N) is 1. The van der Waals surface area contributed by atoms with Crippen molar-refractivity contribution in [3.05, 3.63) is 54.1 Å². The Balaban J connectivity index is 2.05. The fourth-order valence-corrected chi connectivity index (χ4v) is 2.97. The maximum atomic E-state index is 13.0. The first-order valence-corrected chi connectivity index (χ1v) is 10.7. The zero-order valence-corrected chi connectivity index (χ0v) is 18.9. The molecule has 0 spiro atoms. The van der Waals surface area contributed by atoms with Crippen LogP contribution < -0.4 is 26.6 Å². The van der Waals surface area contributed by atoms with E-state index in [4.69, 9.17) is 15.2 Å². The van der Waals surface area contributed by atoms with Crippen molar-refractivity contribution in [2.75, 3.05) is 48.9 Å². The van der Waals surface area contributed by atoms with Gasteiger partial charge in [0.25, 0.3) is 0 Å². The summed E-state index contributed by atoms with van der Waals surface area (Å²) in [5.74, 6) is -0.333. The first-order valence-electron chi connectivity index (χ1n) is 10.7. The van der Waals surface area contributed by atoms with E-state index in [-0.39, 0.29) is 19.0 Å². The minimum Gasteiger partial charge on any atom is -0.388 e. The lowest BCUT2D eigenvalue weighted by Gasteiger charge is -2.27. The fourth-order valence-electron chi connectivity index (χ4n) is 2.97. The SMILES string of the molecule is CCOC(CN(C(=O)NCC(=O)Nc1ccc(NC)cc1)c1ccc(CN)cc1)OCC. The summed E-state index contributed by atoms with van der Waals surface area (Å²) in [6.45, 7) is 5.00. The van der Waals surface area contributed by atoms with E-state index in [1.807, 2.05) is 45.2 Å². The summed E-state index contributed by atoms with van der Waals surface area (Å²) in [6.07, 6.45) is -0.593. The lowest BCUT2D eigenvalue weighted by Crippen LogP contribution is -2.47. The van der Waals surface area contributed by atoms with Gasteiger partial charge in [0.15, 0.2) is 6.29 Å². The third-order valence-corrected chi connectivity index (χ3v) is 4.62. The van der Waals surface area contributed by atoms with Gasteiger partial charge < -0.3 is 31.2 Å². The molecule has 0 aromatic heterocycles. The average Bonchev–Trinajstić information content (AvgIpc) is 2.82. The second-order valence-corrected chi connectivity index (χ2v) is 6.86. The van der Waals surface area contributed by atoms with Crippen molar-refractivity contribution in [1.29, 1.82) is 0 Å². The molecule has 0 aliphatic rings. The molecule has 0 aliphatic heterocycles. The Morgan fingerprint density at radius 2 is 1.56 bits per heavy atom. The number of benzene rings is 2. The van der Waals surface area contributed by atoms with Crippen molar-refractivity contribution < 1.29 is 19.1 Å². The van der Waals surface area contributed by atoms with Gasteiger partial charge in [-0.1, -0.05) is 12.1 Å². The summed E-state index contributed by atoms with van der Waals surface area (Å²) in [4.78, 5) is 26.8. The van der Waals surface area contributed by atoms with Crippen molar-refractivity contribution >= 4 is 29.0 Å². The van der Waals surface area contributed by atoms with Crippen LogP contribution in [0.5, 0.6) is 0 Å². The Morgan fingerprint density at radius 3 is 2.09 bits per heavy atom. The Bertz CT molecular complexity index is 836. The maximum absolute atomic E-state index is 13.0. The second-order valence-electron chi connectivity index (χ2n) is 6.86. The number of carbonyl (C=O) groups is 2. The van der Waals surface area contributed by atoms with Crippen molar-refractivity contribution in [1.82, 2.24) is 5.32 Å². The topological polar surface area (TPSA) is 118 Å². The molecule has 174 valence electrons. The largest absolute Gasteiger partial charge is 0.388 e. The summed E-state index contributed by atoms with van der Waals surface area (Å²) >= 11 is 0. The van der Waals surface area contributed by atoms with E-state index in [0.717, 1.165) is 11.3 Å². The van der Waals surface area contributed by atoms with E-state index in [2.05, 4.69) is 16.0 Å². The number of urea groups is 1. The van der Waals surface area contributed by atoms with E-state index >= 15 is 0 Å². The predicted molar refractivity (Wildman–Crippen MR) is 127 cm³/mol. The molecule has 0 atom stereocenters. The van der Waals surface area contributed by atoms with Gasteiger partial charge in [0, 0.05) is 43.9 Å². The molecule has 0 saturated heterocycles. The number of anilines is 3. The highest BCUT2D eigenvalue weighted by Crippen LogP contribution is 2.17. The van der Waals surface area contributed by atoms with Gasteiger partial charge in [0.05, 0.1) is 13.1 Å². The first kappa shape index (κ1) is 25.1. The van der Waals surface area contributed by atoms with Crippen LogP contribution in [0.15, 0.2) is 48.5 Å².